The molecule has 0 fully saturated rings. The van der Waals surface area contributed by atoms with Gasteiger partial charge in [0.25, 0.3) is 5.56 Å². The number of anilines is 2. The minimum atomic E-state index is -0.412. The summed E-state index contributed by atoms with van der Waals surface area (Å²) in [4.78, 5) is 42.7. The number of benzene rings is 3. The van der Waals surface area contributed by atoms with Crippen molar-refractivity contribution < 1.29 is 9.59 Å². The Bertz CT molecular complexity index is 1410. The summed E-state index contributed by atoms with van der Waals surface area (Å²) in [6, 6.07) is 21.8. The Kier molecular flexibility index (Phi) is 6.31. The maximum Gasteiger partial charge on any atom is 0.278 e. The van der Waals surface area contributed by atoms with Crippen LogP contribution in [0.2, 0.25) is 0 Å². The summed E-state index contributed by atoms with van der Waals surface area (Å²) in [5.74, 6) is -0.562. The van der Waals surface area contributed by atoms with Crippen LogP contribution in [0, 0.1) is 0 Å². The monoisotopic (exact) mass is 440 g/mol. The molecule has 0 spiro atoms. The van der Waals surface area contributed by atoms with Crippen molar-refractivity contribution in [2.24, 2.45) is 0 Å². The van der Waals surface area contributed by atoms with Gasteiger partial charge >= 0.3 is 0 Å². The zero-order valence-electron chi connectivity index (χ0n) is 18.5. The van der Waals surface area contributed by atoms with Gasteiger partial charge < -0.3 is 10.6 Å². The predicted octanol–water partition coefficient (Wildman–Crippen LogP) is 4.22. The van der Waals surface area contributed by atoms with Gasteiger partial charge in [0, 0.05) is 18.2 Å². The van der Waals surface area contributed by atoms with Crippen molar-refractivity contribution in [1.29, 1.82) is 0 Å². The molecule has 0 aliphatic heterocycles. The van der Waals surface area contributed by atoms with Crippen LogP contribution in [0.3, 0.4) is 0 Å². The summed E-state index contributed by atoms with van der Waals surface area (Å²) in [6.07, 6.45) is 0.776. The van der Waals surface area contributed by atoms with Gasteiger partial charge in [-0.25, -0.2) is 4.98 Å². The number of fused-ring (bicyclic) bond motifs is 1. The normalized spacial score (nSPS) is 10.7. The number of carbonyl (C=O) groups excluding carboxylic acids is 2. The highest BCUT2D eigenvalue weighted by atomic mass is 16.2. The quantitative estimate of drug-likeness (QED) is 0.469. The van der Waals surface area contributed by atoms with Crippen molar-refractivity contribution in [3.8, 4) is 11.3 Å². The first-order valence-electron chi connectivity index (χ1n) is 10.7. The second-order valence-electron chi connectivity index (χ2n) is 7.63. The van der Waals surface area contributed by atoms with Crippen molar-refractivity contribution in [3.63, 3.8) is 0 Å². The van der Waals surface area contributed by atoms with Crippen molar-refractivity contribution in [2.45, 2.75) is 26.8 Å². The summed E-state index contributed by atoms with van der Waals surface area (Å²) < 4.78 is 1.42. The molecule has 7 heteroatoms. The molecule has 4 rings (SSSR count). The predicted molar refractivity (Wildman–Crippen MR) is 130 cm³/mol. The van der Waals surface area contributed by atoms with Crippen LogP contribution in [0.5, 0.6) is 0 Å². The lowest BCUT2D eigenvalue weighted by Gasteiger charge is -2.15. The van der Waals surface area contributed by atoms with Crippen molar-refractivity contribution in [3.05, 3.63) is 88.7 Å². The second-order valence-corrected chi connectivity index (χ2v) is 7.63. The van der Waals surface area contributed by atoms with Crippen molar-refractivity contribution in [2.75, 3.05) is 10.6 Å². The average molecular weight is 441 g/mol. The Morgan fingerprint density at radius 1 is 0.879 bits per heavy atom. The number of rotatable bonds is 6. The van der Waals surface area contributed by atoms with Crippen LogP contribution in [0.15, 0.2) is 77.6 Å². The van der Waals surface area contributed by atoms with E-state index in [1.165, 1.54) is 11.5 Å². The Hall–Kier alpha value is -4.26. The summed E-state index contributed by atoms with van der Waals surface area (Å²) in [7, 11) is 0. The molecule has 0 radical (unpaired) electrons. The van der Waals surface area contributed by atoms with Crippen LogP contribution >= 0.6 is 0 Å². The van der Waals surface area contributed by atoms with Crippen LogP contribution in [0.4, 0.5) is 11.4 Å². The van der Waals surface area contributed by atoms with E-state index in [-0.39, 0.29) is 24.1 Å². The van der Waals surface area contributed by atoms with E-state index in [1.54, 1.807) is 42.5 Å². The molecule has 1 heterocycles. The van der Waals surface area contributed by atoms with E-state index in [0.717, 1.165) is 17.7 Å². The number of hydrogen-bond donors (Lipinski definition) is 2. The van der Waals surface area contributed by atoms with Crippen molar-refractivity contribution in [1.82, 2.24) is 9.55 Å². The number of hydrogen-bond acceptors (Lipinski definition) is 4. The summed E-state index contributed by atoms with van der Waals surface area (Å²) >= 11 is 0. The first kappa shape index (κ1) is 22.0. The second kappa shape index (κ2) is 9.48. The zero-order chi connectivity index (χ0) is 23.4. The smallest absolute Gasteiger partial charge is 0.278 e. The molecular formula is C26H24N4O3. The molecule has 0 atom stereocenters. The third kappa shape index (κ3) is 4.67. The number of para-hydroxylation sites is 4. The lowest BCUT2D eigenvalue weighted by molar-refractivity contribution is -0.117. The molecular weight excluding hydrogens is 416 g/mol. The summed E-state index contributed by atoms with van der Waals surface area (Å²) in [6.45, 7) is 3.25. The number of amides is 2. The molecule has 4 aromatic rings. The molecule has 33 heavy (non-hydrogen) atoms. The summed E-state index contributed by atoms with van der Waals surface area (Å²) in [5, 5.41) is 5.67. The van der Waals surface area contributed by atoms with Gasteiger partial charge in [-0.1, -0.05) is 55.5 Å². The molecule has 0 bridgehead atoms. The minimum absolute atomic E-state index is 0.166. The maximum atomic E-state index is 13.5. The van der Waals surface area contributed by atoms with Crippen LogP contribution in [-0.4, -0.2) is 21.4 Å². The van der Waals surface area contributed by atoms with Crippen LogP contribution in [0.1, 0.15) is 19.4 Å². The van der Waals surface area contributed by atoms with Crippen LogP contribution in [-0.2, 0) is 22.6 Å². The molecule has 7 nitrogen and oxygen atoms in total. The Morgan fingerprint density at radius 3 is 2.30 bits per heavy atom. The van der Waals surface area contributed by atoms with Gasteiger partial charge in [-0.15, -0.1) is 0 Å². The van der Waals surface area contributed by atoms with E-state index in [9.17, 15) is 14.4 Å². The lowest BCUT2D eigenvalue weighted by atomic mass is 10.1. The largest absolute Gasteiger partial charge is 0.326 e. The van der Waals surface area contributed by atoms with Gasteiger partial charge in [0.2, 0.25) is 11.8 Å². The fourth-order valence-electron chi connectivity index (χ4n) is 3.80. The third-order valence-electron chi connectivity index (χ3n) is 5.32. The van der Waals surface area contributed by atoms with Gasteiger partial charge in [-0.2, -0.15) is 0 Å². The SMILES string of the molecule is CCc1ccccc1NC(=O)Cn1c(=O)c(-c2ccccc2NC(C)=O)nc2ccccc21. The molecule has 2 amide bonds. The maximum absolute atomic E-state index is 13.5. The molecule has 1 aromatic heterocycles. The third-order valence-corrected chi connectivity index (χ3v) is 5.32. The Balaban J connectivity index is 1.79. The van der Waals surface area contributed by atoms with Crippen LogP contribution in [0.25, 0.3) is 22.3 Å². The molecule has 0 aliphatic carbocycles. The van der Waals surface area contributed by atoms with Gasteiger partial charge in [0.05, 0.1) is 16.7 Å². The standard InChI is InChI=1S/C26H24N4O3/c1-3-18-10-4-6-12-20(18)28-24(32)16-30-23-15-9-8-14-22(23)29-25(26(30)33)19-11-5-7-13-21(19)27-17(2)31/h4-15H,3,16H2,1-2H3,(H,27,31)(H,28,32). The molecule has 0 saturated carbocycles. The molecule has 0 saturated heterocycles. The lowest BCUT2D eigenvalue weighted by Crippen LogP contribution is -2.30. The van der Waals surface area contributed by atoms with E-state index in [2.05, 4.69) is 15.6 Å². The molecule has 2 N–H and O–H groups in total. The highest BCUT2D eigenvalue weighted by Gasteiger charge is 2.18. The van der Waals surface area contributed by atoms with Gasteiger partial charge in [-0.3, -0.25) is 19.0 Å². The average Bonchev–Trinajstić information content (AvgIpc) is 2.81. The number of nitrogens with zero attached hydrogens (tertiary/aromatic N) is 2. The van der Waals surface area contributed by atoms with Gasteiger partial charge in [-0.05, 0) is 36.2 Å². The van der Waals surface area contributed by atoms with Crippen molar-refractivity contribution >= 4 is 34.2 Å². The molecule has 166 valence electrons. The fourth-order valence-corrected chi connectivity index (χ4v) is 3.80. The topological polar surface area (TPSA) is 93.1 Å². The molecule has 0 aliphatic rings. The fraction of sp³-hybridized carbons (Fsp3) is 0.154. The molecule has 3 aromatic carbocycles. The number of aryl methyl sites for hydroxylation is 1. The van der Waals surface area contributed by atoms with E-state index in [1.807, 2.05) is 37.3 Å². The van der Waals surface area contributed by atoms with E-state index in [4.69, 9.17) is 0 Å². The van der Waals surface area contributed by atoms with Gasteiger partial charge in [0.1, 0.15) is 12.2 Å². The zero-order valence-corrected chi connectivity index (χ0v) is 18.5. The Morgan fingerprint density at radius 2 is 1.55 bits per heavy atom. The highest BCUT2D eigenvalue weighted by Crippen LogP contribution is 2.25. The van der Waals surface area contributed by atoms with Crippen LogP contribution < -0.4 is 16.2 Å². The van der Waals surface area contributed by atoms with E-state index < -0.39 is 5.56 Å². The molecule has 0 unspecified atom stereocenters. The summed E-state index contributed by atoms with van der Waals surface area (Å²) in [5.41, 5.74) is 3.61. The van der Waals surface area contributed by atoms with E-state index in [0.29, 0.717) is 22.3 Å². The highest BCUT2D eigenvalue weighted by molar-refractivity contribution is 5.95. The van der Waals surface area contributed by atoms with Gasteiger partial charge in [0.15, 0.2) is 0 Å². The minimum Gasteiger partial charge on any atom is -0.326 e. The van der Waals surface area contributed by atoms with E-state index >= 15 is 0 Å². The first-order valence-corrected chi connectivity index (χ1v) is 10.7. The first-order chi connectivity index (χ1) is 16.0. The number of nitrogens with one attached hydrogen (secondary N) is 2. The Labute approximate surface area is 191 Å². The number of carbonyl (C=O) groups is 2. The number of aromatic nitrogens is 2.